The van der Waals surface area contributed by atoms with Gasteiger partial charge in [0.2, 0.25) is 0 Å². The van der Waals surface area contributed by atoms with Crippen molar-refractivity contribution in [1.82, 2.24) is 0 Å². The van der Waals surface area contributed by atoms with Gasteiger partial charge in [0.1, 0.15) is 0 Å². The average molecular weight is 643 g/mol. The normalized spacial score (nSPS) is 15.2. The van der Waals surface area contributed by atoms with Gasteiger partial charge in [0.15, 0.2) is 0 Å². The van der Waals surface area contributed by atoms with E-state index < -0.39 is 22.1 Å². The first-order chi connectivity index (χ1) is 18.4. The van der Waals surface area contributed by atoms with Crippen LogP contribution in [0.15, 0.2) is 0 Å². The third-order valence-electron chi connectivity index (χ3n) is 6.61. The van der Waals surface area contributed by atoms with Crippen LogP contribution in [-0.4, -0.2) is 54.3 Å². The van der Waals surface area contributed by atoms with E-state index in [4.69, 9.17) is 0 Å². The maximum atomic E-state index is 11.4. The molecule has 0 aromatic rings. The molecular formula is C30H66AlO6P3. The Bertz CT molecular complexity index is 563. The van der Waals surface area contributed by atoms with Crippen LogP contribution >= 0.6 is 22.1 Å². The number of rotatable bonds is 24. The first-order valence-corrected chi connectivity index (χ1v) is 22.2. The molecule has 10 heteroatoms. The Morgan fingerprint density at radius 3 is 0.675 bits per heavy atom. The van der Waals surface area contributed by atoms with Crippen molar-refractivity contribution < 1.29 is 28.4 Å². The summed E-state index contributed by atoms with van der Waals surface area (Å²) in [5.74, 6) is 0. The molecule has 0 N–H and O–H groups in total. The molecule has 240 valence electrons. The maximum Gasteiger partial charge on any atom is 3.00 e. The third-order valence-corrected chi connectivity index (χ3v) is 12.6. The smallest absolute Gasteiger partial charge is 0.799 e. The van der Waals surface area contributed by atoms with Crippen molar-refractivity contribution in [2.75, 3.05) is 37.0 Å². The summed E-state index contributed by atoms with van der Waals surface area (Å²) in [6, 6.07) is 0. The van der Waals surface area contributed by atoms with Gasteiger partial charge in [-0.25, -0.2) is 0 Å². The summed E-state index contributed by atoms with van der Waals surface area (Å²) in [4.78, 5) is 34.1. The average Bonchev–Trinajstić information content (AvgIpc) is 2.89. The first-order valence-electron chi connectivity index (χ1n) is 16.2. The molecule has 3 unspecified atom stereocenters. The van der Waals surface area contributed by atoms with Crippen molar-refractivity contribution in [3.63, 3.8) is 0 Å². The van der Waals surface area contributed by atoms with Gasteiger partial charge in [0, 0.05) is 22.1 Å². The Hall–Kier alpha value is 1.10. The van der Waals surface area contributed by atoms with Gasteiger partial charge in [-0.1, -0.05) is 119 Å². The maximum absolute atomic E-state index is 11.4. The van der Waals surface area contributed by atoms with E-state index in [0.29, 0.717) is 37.0 Å². The van der Waals surface area contributed by atoms with E-state index >= 15 is 0 Å². The van der Waals surface area contributed by atoms with Crippen LogP contribution in [-0.2, 0) is 13.7 Å². The predicted octanol–water partition coefficient (Wildman–Crippen LogP) is 8.63. The van der Waals surface area contributed by atoms with E-state index in [0.717, 1.165) is 116 Å². The fraction of sp³-hybridized carbons (Fsp3) is 1.00. The second kappa shape index (κ2) is 33.0. The van der Waals surface area contributed by atoms with Crippen LogP contribution in [0.1, 0.15) is 157 Å². The molecule has 0 aliphatic heterocycles. The Kier molecular flexibility index (Phi) is 39.6. The van der Waals surface area contributed by atoms with Crippen molar-refractivity contribution >= 4 is 39.5 Å². The van der Waals surface area contributed by atoms with E-state index in [9.17, 15) is 28.4 Å². The molecule has 0 bridgehead atoms. The summed E-state index contributed by atoms with van der Waals surface area (Å²) in [5.41, 5.74) is 0. The van der Waals surface area contributed by atoms with Crippen LogP contribution in [0.25, 0.3) is 0 Å². The first kappa shape index (κ1) is 48.0. The van der Waals surface area contributed by atoms with Gasteiger partial charge in [0.05, 0.1) is 0 Å². The summed E-state index contributed by atoms with van der Waals surface area (Å²) in [7, 11) is -9.00. The number of hydrogen-bond donors (Lipinski definition) is 0. The summed E-state index contributed by atoms with van der Waals surface area (Å²) in [5, 5.41) is 0. The Labute approximate surface area is 261 Å². The zero-order valence-electron chi connectivity index (χ0n) is 27.3. The Morgan fingerprint density at radius 1 is 0.325 bits per heavy atom. The van der Waals surface area contributed by atoms with Crippen LogP contribution in [0.3, 0.4) is 0 Å². The second-order valence-corrected chi connectivity index (χ2v) is 18.6. The molecule has 0 rings (SSSR count). The van der Waals surface area contributed by atoms with Crippen molar-refractivity contribution in [3.05, 3.63) is 0 Å². The molecule has 0 radical (unpaired) electrons. The topological polar surface area (TPSA) is 120 Å². The standard InChI is InChI=1S/3C10H23O2P.Al/c3*1-3-5-7-8-10-13(11,12)9-6-4-2;/h3*3-10H2,1-2H3,(H,11,12);/q;;;+3/p-3. The zero-order valence-corrected chi connectivity index (χ0v) is 31.2. The molecule has 0 aromatic carbocycles. The molecule has 0 saturated heterocycles. The Balaban J connectivity index is -0.000000240. The van der Waals surface area contributed by atoms with Gasteiger partial charge >= 0.3 is 17.4 Å². The van der Waals surface area contributed by atoms with Crippen molar-refractivity contribution in [3.8, 4) is 0 Å². The minimum Gasteiger partial charge on any atom is -0.799 e. The molecule has 0 aliphatic carbocycles. The Morgan fingerprint density at radius 2 is 0.500 bits per heavy atom. The van der Waals surface area contributed by atoms with Crippen molar-refractivity contribution in [2.45, 2.75) is 157 Å². The van der Waals surface area contributed by atoms with Crippen LogP contribution in [0, 0.1) is 0 Å². The monoisotopic (exact) mass is 642 g/mol. The quantitative estimate of drug-likeness (QED) is 0.0590. The molecule has 0 aliphatic rings. The van der Waals surface area contributed by atoms with Gasteiger partial charge in [-0.15, -0.1) is 0 Å². The van der Waals surface area contributed by atoms with Gasteiger partial charge in [-0.3, -0.25) is 0 Å². The van der Waals surface area contributed by atoms with E-state index in [-0.39, 0.29) is 17.4 Å². The molecule has 0 saturated carbocycles. The van der Waals surface area contributed by atoms with E-state index in [1.807, 2.05) is 20.8 Å². The molecule has 6 nitrogen and oxygen atoms in total. The number of unbranched alkanes of at least 4 members (excludes halogenated alkanes) is 12. The zero-order chi connectivity index (χ0) is 30.5. The molecule has 0 heterocycles. The molecular weight excluding hydrogens is 576 g/mol. The second-order valence-electron chi connectivity index (χ2n) is 11.0. The van der Waals surface area contributed by atoms with Gasteiger partial charge in [-0.05, 0) is 75.5 Å². The SMILES string of the molecule is CCCCCCP(=O)([O-])CCCC.CCCCCCP(=O)([O-])CCCC.CCCCCCP(=O)([O-])CCCC.[Al+3]. The van der Waals surface area contributed by atoms with E-state index in [1.54, 1.807) is 0 Å². The van der Waals surface area contributed by atoms with Crippen LogP contribution in [0.4, 0.5) is 0 Å². The van der Waals surface area contributed by atoms with E-state index in [2.05, 4.69) is 20.8 Å². The largest absolute Gasteiger partial charge is 3.00 e. The van der Waals surface area contributed by atoms with E-state index in [1.165, 1.54) is 0 Å². The summed E-state index contributed by atoms with van der Waals surface area (Å²) < 4.78 is 34.1. The molecule has 0 amide bonds. The summed E-state index contributed by atoms with van der Waals surface area (Å²) in [6.07, 6.45) is 20.7. The summed E-state index contributed by atoms with van der Waals surface area (Å²) >= 11 is 0. The molecule has 0 aromatic heterocycles. The number of hydrogen-bond acceptors (Lipinski definition) is 6. The molecule has 0 spiro atoms. The fourth-order valence-electron chi connectivity index (χ4n) is 3.87. The summed E-state index contributed by atoms with van der Waals surface area (Å²) in [6.45, 7) is 12.5. The van der Waals surface area contributed by atoms with Gasteiger partial charge in [0.25, 0.3) is 0 Å². The van der Waals surface area contributed by atoms with Gasteiger partial charge < -0.3 is 28.4 Å². The third kappa shape index (κ3) is 41.2. The van der Waals surface area contributed by atoms with Crippen LogP contribution < -0.4 is 14.7 Å². The van der Waals surface area contributed by atoms with Crippen LogP contribution in [0.2, 0.25) is 0 Å². The fourth-order valence-corrected chi connectivity index (χ4v) is 9.05. The minimum absolute atomic E-state index is 0. The van der Waals surface area contributed by atoms with Crippen molar-refractivity contribution in [2.24, 2.45) is 0 Å². The van der Waals surface area contributed by atoms with Crippen LogP contribution in [0.5, 0.6) is 0 Å². The predicted molar refractivity (Wildman–Crippen MR) is 175 cm³/mol. The minimum atomic E-state index is -3.00. The van der Waals surface area contributed by atoms with Gasteiger partial charge in [-0.2, -0.15) is 0 Å². The molecule has 0 fully saturated rings. The van der Waals surface area contributed by atoms with Crippen molar-refractivity contribution in [1.29, 1.82) is 0 Å². The molecule has 3 atom stereocenters. The molecule has 40 heavy (non-hydrogen) atoms.